The standard InChI is InChI=1S/C11H22N2O3.ClH/c1-5-7-8(12)9(14)13-11(3,4)10(15)16-6-2;/h8H,5-7,12H2,1-4H3,(H,13,14);1H. The minimum absolute atomic E-state index is 0. The van der Waals surface area contributed by atoms with Gasteiger partial charge in [0.05, 0.1) is 12.6 Å². The molecule has 3 N–H and O–H groups in total. The van der Waals surface area contributed by atoms with Crippen molar-refractivity contribution >= 4 is 24.3 Å². The van der Waals surface area contributed by atoms with Crippen molar-refractivity contribution in [3.05, 3.63) is 0 Å². The third-order valence-electron chi connectivity index (χ3n) is 2.16. The normalized spacial score (nSPS) is 12.3. The number of amides is 1. The van der Waals surface area contributed by atoms with Crippen molar-refractivity contribution in [3.63, 3.8) is 0 Å². The Labute approximate surface area is 109 Å². The van der Waals surface area contributed by atoms with Gasteiger partial charge in [-0.1, -0.05) is 13.3 Å². The van der Waals surface area contributed by atoms with E-state index in [1.807, 2.05) is 6.92 Å². The molecule has 0 heterocycles. The third kappa shape index (κ3) is 6.48. The molecule has 6 heteroatoms. The number of rotatable bonds is 6. The lowest BCUT2D eigenvalue weighted by Crippen LogP contribution is -2.55. The molecule has 102 valence electrons. The molecule has 0 aromatic rings. The molecule has 5 nitrogen and oxygen atoms in total. The molecule has 0 spiro atoms. The predicted octanol–water partition coefficient (Wildman–Crippen LogP) is 0.993. The second kappa shape index (κ2) is 8.31. The molecule has 0 aliphatic carbocycles. The topological polar surface area (TPSA) is 81.4 Å². The first kappa shape index (κ1) is 18.6. The molecule has 0 rings (SSSR count). The van der Waals surface area contributed by atoms with Gasteiger partial charge in [0, 0.05) is 0 Å². The smallest absolute Gasteiger partial charge is 0.331 e. The lowest BCUT2D eigenvalue weighted by molar-refractivity contribution is -0.151. The average molecular weight is 267 g/mol. The van der Waals surface area contributed by atoms with Crippen molar-refractivity contribution in [1.29, 1.82) is 0 Å². The summed E-state index contributed by atoms with van der Waals surface area (Å²) in [6.07, 6.45) is 1.43. The highest BCUT2D eigenvalue weighted by Crippen LogP contribution is 2.06. The van der Waals surface area contributed by atoms with Crippen LogP contribution in [0.4, 0.5) is 0 Å². The summed E-state index contributed by atoms with van der Waals surface area (Å²) in [5.41, 5.74) is 4.62. The average Bonchev–Trinajstić information content (AvgIpc) is 2.17. The summed E-state index contributed by atoms with van der Waals surface area (Å²) >= 11 is 0. The van der Waals surface area contributed by atoms with E-state index in [1.165, 1.54) is 0 Å². The third-order valence-corrected chi connectivity index (χ3v) is 2.16. The number of nitrogens with one attached hydrogen (secondary N) is 1. The van der Waals surface area contributed by atoms with Gasteiger partial charge in [-0.15, -0.1) is 12.4 Å². The van der Waals surface area contributed by atoms with Gasteiger partial charge in [0.1, 0.15) is 5.54 Å². The molecule has 17 heavy (non-hydrogen) atoms. The van der Waals surface area contributed by atoms with E-state index in [0.29, 0.717) is 13.0 Å². The molecular formula is C11H23ClN2O3. The van der Waals surface area contributed by atoms with Gasteiger partial charge in [0.2, 0.25) is 5.91 Å². The SMILES string of the molecule is CCCC(N)C(=O)NC(C)(C)C(=O)OCC.Cl. The van der Waals surface area contributed by atoms with Crippen LogP contribution in [0.3, 0.4) is 0 Å². The highest BCUT2D eigenvalue weighted by molar-refractivity contribution is 5.89. The zero-order chi connectivity index (χ0) is 12.8. The van der Waals surface area contributed by atoms with Crippen LogP contribution >= 0.6 is 12.4 Å². The fourth-order valence-corrected chi connectivity index (χ4v) is 1.21. The molecule has 0 fully saturated rings. The Hall–Kier alpha value is -0.810. The van der Waals surface area contributed by atoms with E-state index < -0.39 is 17.6 Å². The number of halogens is 1. The quantitative estimate of drug-likeness (QED) is 0.703. The first-order valence-corrected chi connectivity index (χ1v) is 5.60. The summed E-state index contributed by atoms with van der Waals surface area (Å²) in [6.45, 7) is 7.16. The number of esters is 1. The van der Waals surface area contributed by atoms with E-state index in [9.17, 15) is 9.59 Å². The summed E-state index contributed by atoms with van der Waals surface area (Å²) in [6, 6.07) is -0.571. The largest absolute Gasteiger partial charge is 0.464 e. The van der Waals surface area contributed by atoms with E-state index in [2.05, 4.69) is 5.32 Å². The Morgan fingerprint density at radius 2 is 1.88 bits per heavy atom. The van der Waals surface area contributed by atoms with E-state index >= 15 is 0 Å². The molecule has 1 amide bonds. The highest BCUT2D eigenvalue weighted by Gasteiger charge is 2.32. The Kier molecular flexibility index (Phi) is 9.06. The number of nitrogens with two attached hydrogens (primary N) is 1. The first-order chi connectivity index (χ1) is 7.35. The van der Waals surface area contributed by atoms with Crippen molar-refractivity contribution < 1.29 is 14.3 Å². The van der Waals surface area contributed by atoms with Crippen LogP contribution in [0.5, 0.6) is 0 Å². The monoisotopic (exact) mass is 266 g/mol. The number of carbonyl (C=O) groups excluding carboxylic acids is 2. The van der Waals surface area contributed by atoms with E-state index in [0.717, 1.165) is 6.42 Å². The first-order valence-electron chi connectivity index (χ1n) is 5.60. The molecule has 1 atom stereocenters. The summed E-state index contributed by atoms with van der Waals surface area (Å²) in [7, 11) is 0. The van der Waals surface area contributed by atoms with Crippen LogP contribution in [-0.4, -0.2) is 30.1 Å². The van der Waals surface area contributed by atoms with Gasteiger partial charge in [0.15, 0.2) is 0 Å². The van der Waals surface area contributed by atoms with E-state index in [-0.39, 0.29) is 18.3 Å². The van der Waals surface area contributed by atoms with Crippen LogP contribution in [0.1, 0.15) is 40.5 Å². The number of carbonyl (C=O) groups is 2. The maximum absolute atomic E-state index is 11.6. The van der Waals surface area contributed by atoms with Crippen molar-refractivity contribution in [1.82, 2.24) is 5.32 Å². The van der Waals surface area contributed by atoms with Gasteiger partial charge in [0.25, 0.3) is 0 Å². The number of hydrogen-bond donors (Lipinski definition) is 2. The maximum Gasteiger partial charge on any atom is 0.331 e. The van der Waals surface area contributed by atoms with E-state index in [1.54, 1.807) is 20.8 Å². The Morgan fingerprint density at radius 1 is 1.35 bits per heavy atom. The number of ether oxygens (including phenoxy) is 1. The van der Waals surface area contributed by atoms with Gasteiger partial charge >= 0.3 is 5.97 Å². The lowest BCUT2D eigenvalue weighted by atomic mass is 10.0. The molecule has 0 radical (unpaired) electrons. The second-order valence-electron chi connectivity index (χ2n) is 4.23. The molecule has 0 saturated heterocycles. The predicted molar refractivity (Wildman–Crippen MR) is 69.0 cm³/mol. The second-order valence-corrected chi connectivity index (χ2v) is 4.23. The van der Waals surface area contributed by atoms with Crippen LogP contribution < -0.4 is 11.1 Å². The zero-order valence-corrected chi connectivity index (χ0v) is 11.7. The minimum Gasteiger partial charge on any atom is -0.464 e. The summed E-state index contributed by atoms with van der Waals surface area (Å²) in [5, 5.41) is 2.59. The Bertz CT molecular complexity index is 257. The number of hydrogen-bond acceptors (Lipinski definition) is 4. The van der Waals surface area contributed by atoms with Crippen molar-refractivity contribution in [2.75, 3.05) is 6.61 Å². The van der Waals surface area contributed by atoms with Crippen LogP contribution in [0.2, 0.25) is 0 Å². The molecule has 0 saturated carbocycles. The van der Waals surface area contributed by atoms with Crippen molar-refractivity contribution in [2.45, 2.75) is 52.1 Å². The summed E-state index contributed by atoms with van der Waals surface area (Å²) in [5.74, 6) is -0.771. The molecule has 0 aromatic carbocycles. The van der Waals surface area contributed by atoms with E-state index in [4.69, 9.17) is 10.5 Å². The van der Waals surface area contributed by atoms with Gasteiger partial charge in [-0.25, -0.2) is 4.79 Å². The van der Waals surface area contributed by atoms with Crippen molar-refractivity contribution in [3.8, 4) is 0 Å². The van der Waals surface area contributed by atoms with Gasteiger partial charge in [-0.3, -0.25) is 4.79 Å². The van der Waals surface area contributed by atoms with Crippen LogP contribution in [-0.2, 0) is 14.3 Å². The summed E-state index contributed by atoms with van der Waals surface area (Å²) in [4.78, 5) is 23.1. The molecule has 0 bridgehead atoms. The lowest BCUT2D eigenvalue weighted by Gasteiger charge is -2.25. The molecule has 0 aliphatic rings. The van der Waals surface area contributed by atoms with Gasteiger partial charge in [-0.05, 0) is 27.2 Å². The zero-order valence-electron chi connectivity index (χ0n) is 10.9. The highest BCUT2D eigenvalue weighted by atomic mass is 35.5. The Balaban J connectivity index is 0. The maximum atomic E-state index is 11.6. The molecule has 0 aliphatic heterocycles. The summed E-state index contributed by atoms with van der Waals surface area (Å²) < 4.78 is 4.85. The van der Waals surface area contributed by atoms with Gasteiger partial charge in [-0.2, -0.15) is 0 Å². The minimum atomic E-state index is -1.03. The fraction of sp³-hybridized carbons (Fsp3) is 0.818. The van der Waals surface area contributed by atoms with Crippen LogP contribution in [0, 0.1) is 0 Å². The molecule has 1 unspecified atom stereocenters. The fourth-order valence-electron chi connectivity index (χ4n) is 1.21. The molecular weight excluding hydrogens is 244 g/mol. The Morgan fingerprint density at radius 3 is 2.29 bits per heavy atom. The molecule has 0 aromatic heterocycles. The van der Waals surface area contributed by atoms with Crippen LogP contribution in [0.15, 0.2) is 0 Å². The van der Waals surface area contributed by atoms with Crippen LogP contribution in [0.25, 0.3) is 0 Å². The van der Waals surface area contributed by atoms with Crippen molar-refractivity contribution in [2.24, 2.45) is 5.73 Å². The van der Waals surface area contributed by atoms with Gasteiger partial charge < -0.3 is 15.8 Å².